The normalized spacial score (nSPS) is 16.6. The van der Waals surface area contributed by atoms with Gasteiger partial charge in [-0.1, -0.05) is 60.5 Å². The van der Waals surface area contributed by atoms with E-state index >= 15 is 0 Å². The first-order valence-electron chi connectivity index (χ1n) is 11.4. The molecule has 0 radical (unpaired) electrons. The highest BCUT2D eigenvalue weighted by molar-refractivity contribution is 5.84. The molecule has 1 aliphatic rings. The van der Waals surface area contributed by atoms with Gasteiger partial charge in [0, 0.05) is 25.6 Å². The van der Waals surface area contributed by atoms with Gasteiger partial charge >= 0.3 is 0 Å². The average molecular weight is 422 g/mol. The lowest BCUT2D eigenvalue weighted by Gasteiger charge is -2.33. The molecule has 0 aromatic heterocycles. The number of aryl methyl sites for hydroxylation is 2. The van der Waals surface area contributed by atoms with E-state index in [9.17, 15) is 9.59 Å². The number of rotatable bonds is 9. The van der Waals surface area contributed by atoms with Gasteiger partial charge in [0.25, 0.3) is 0 Å². The topological polar surface area (TPSA) is 61.4 Å². The van der Waals surface area contributed by atoms with E-state index in [0.29, 0.717) is 25.4 Å². The van der Waals surface area contributed by atoms with Crippen LogP contribution in [0.2, 0.25) is 0 Å². The summed E-state index contributed by atoms with van der Waals surface area (Å²) in [6.07, 6.45) is 4.97. The zero-order valence-corrected chi connectivity index (χ0v) is 18.8. The van der Waals surface area contributed by atoms with Crippen LogP contribution in [-0.2, 0) is 29.1 Å². The molecule has 166 valence electrons. The number of nitrogens with zero attached hydrogens (tertiary/aromatic N) is 1. The van der Waals surface area contributed by atoms with Crippen LogP contribution in [0, 0.1) is 6.92 Å². The van der Waals surface area contributed by atoms with Crippen molar-refractivity contribution in [3.8, 4) is 0 Å². The van der Waals surface area contributed by atoms with E-state index in [4.69, 9.17) is 0 Å². The zero-order chi connectivity index (χ0) is 22.1. The van der Waals surface area contributed by atoms with Gasteiger partial charge in [-0.3, -0.25) is 14.5 Å². The second-order valence-corrected chi connectivity index (χ2v) is 8.67. The molecule has 1 heterocycles. The third-order valence-electron chi connectivity index (χ3n) is 6.05. The van der Waals surface area contributed by atoms with Gasteiger partial charge in [0.15, 0.2) is 0 Å². The van der Waals surface area contributed by atoms with Crippen molar-refractivity contribution in [2.24, 2.45) is 0 Å². The Morgan fingerprint density at radius 3 is 2.29 bits per heavy atom. The van der Waals surface area contributed by atoms with Gasteiger partial charge in [0.05, 0.1) is 6.54 Å². The van der Waals surface area contributed by atoms with Crippen molar-refractivity contribution in [1.82, 2.24) is 15.5 Å². The van der Waals surface area contributed by atoms with Gasteiger partial charge in [-0.25, -0.2) is 0 Å². The van der Waals surface area contributed by atoms with Crippen molar-refractivity contribution >= 4 is 11.8 Å². The fourth-order valence-electron chi connectivity index (χ4n) is 3.93. The lowest BCUT2D eigenvalue weighted by atomic mass is 10.0. The zero-order valence-electron chi connectivity index (χ0n) is 18.8. The number of amides is 2. The highest BCUT2D eigenvalue weighted by Crippen LogP contribution is 2.19. The van der Waals surface area contributed by atoms with Crippen molar-refractivity contribution in [3.63, 3.8) is 0 Å². The molecule has 2 N–H and O–H groups in total. The quantitative estimate of drug-likeness (QED) is 0.648. The lowest BCUT2D eigenvalue weighted by Crippen LogP contribution is -2.37. The van der Waals surface area contributed by atoms with Gasteiger partial charge in [-0.15, -0.1) is 0 Å². The van der Waals surface area contributed by atoms with E-state index in [0.717, 1.165) is 17.7 Å². The van der Waals surface area contributed by atoms with Gasteiger partial charge in [-0.2, -0.15) is 0 Å². The van der Waals surface area contributed by atoms with Crippen LogP contribution in [0.1, 0.15) is 54.9 Å². The Morgan fingerprint density at radius 2 is 1.58 bits per heavy atom. The standard InChI is InChI=1S/C26H35N3O2/c1-20-6-8-22(9-7-20)14-15-25(30)28-18-26(31)27-17-23-10-12-24(13-11-23)19-29-16-4-3-5-21(29)2/h6-13,21H,3-5,14-19H2,1-2H3,(H,27,31)(H,28,30). The molecule has 0 saturated carbocycles. The Morgan fingerprint density at radius 1 is 0.903 bits per heavy atom. The highest BCUT2D eigenvalue weighted by Gasteiger charge is 2.17. The third kappa shape index (κ3) is 7.83. The maximum Gasteiger partial charge on any atom is 0.239 e. The predicted octanol–water partition coefficient (Wildman–Crippen LogP) is 3.73. The van der Waals surface area contributed by atoms with Crippen LogP contribution >= 0.6 is 0 Å². The Balaban J connectivity index is 1.33. The predicted molar refractivity (Wildman–Crippen MR) is 125 cm³/mol. The van der Waals surface area contributed by atoms with Crippen LogP contribution in [0.15, 0.2) is 48.5 Å². The summed E-state index contributed by atoms with van der Waals surface area (Å²) in [4.78, 5) is 26.6. The van der Waals surface area contributed by atoms with Crippen molar-refractivity contribution in [3.05, 3.63) is 70.8 Å². The SMILES string of the molecule is Cc1ccc(CCC(=O)NCC(=O)NCc2ccc(CN3CCCCC3C)cc2)cc1. The molecular weight excluding hydrogens is 386 g/mol. The van der Waals surface area contributed by atoms with Crippen LogP contribution in [0.4, 0.5) is 0 Å². The summed E-state index contributed by atoms with van der Waals surface area (Å²) in [5, 5.41) is 5.58. The molecule has 2 aromatic rings. The fraction of sp³-hybridized carbons (Fsp3) is 0.462. The second kappa shape index (κ2) is 11.7. The van der Waals surface area contributed by atoms with E-state index in [-0.39, 0.29) is 18.4 Å². The molecule has 1 aliphatic heterocycles. The Kier molecular flexibility index (Phi) is 8.65. The molecule has 1 saturated heterocycles. The molecule has 0 aliphatic carbocycles. The number of piperidine rings is 1. The minimum atomic E-state index is -0.171. The van der Waals surface area contributed by atoms with Gasteiger partial charge in [0.1, 0.15) is 0 Å². The Hall–Kier alpha value is -2.66. The first-order chi connectivity index (χ1) is 15.0. The van der Waals surface area contributed by atoms with Crippen molar-refractivity contribution in [1.29, 1.82) is 0 Å². The number of hydrogen-bond acceptors (Lipinski definition) is 3. The lowest BCUT2D eigenvalue weighted by molar-refractivity contribution is -0.126. The van der Waals surface area contributed by atoms with Crippen LogP contribution in [-0.4, -0.2) is 35.8 Å². The van der Waals surface area contributed by atoms with E-state index in [1.165, 1.54) is 36.9 Å². The molecule has 1 fully saturated rings. The fourth-order valence-corrected chi connectivity index (χ4v) is 3.93. The molecule has 3 rings (SSSR count). The number of carbonyl (C=O) groups excluding carboxylic acids is 2. The molecule has 1 atom stereocenters. The Bertz CT molecular complexity index is 846. The molecule has 0 spiro atoms. The minimum Gasteiger partial charge on any atom is -0.350 e. The maximum absolute atomic E-state index is 12.1. The molecule has 1 unspecified atom stereocenters. The number of hydrogen-bond donors (Lipinski definition) is 2. The summed E-state index contributed by atoms with van der Waals surface area (Å²) in [5.74, 6) is -0.276. The Labute approximate surface area is 186 Å². The highest BCUT2D eigenvalue weighted by atomic mass is 16.2. The number of likely N-dealkylation sites (tertiary alicyclic amines) is 1. The summed E-state index contributed by atoms with van der Waals surface area (Å²) < 4.78 is 0. The molecule has 0 bridgehead atoms. The van der Waals surface area contributed by atoms with Gasteiger partial charge < -0.3 is 10.6 Å². The molecule has 2 amide bonds. The summed E-state index contributed by atoms with van der Waals surface area (Å²) >= 11 is 0. The summed E-state index contributed by atoms with van der Waals surface area (Å²) in [6.45, 7) is 7.00. The van der Waals surface area contributed by atoms with Crippen LogP contribution in [0.3, 0.4) is 0 Å². The molecule has 5 nitrogen and oxygen atoms in total. The average Bonchev–Trinajstić information content (AvgIpc) is 2.78. The largest absolute Gasteiger partial charge is 0.350 e. The van der Waals surface area contributed by atoms with E-state index in [1.807, 2.05) is 31.2 Å². The number of nitrogens with one attached hydrogen (secondary N) is 2. The van der Waals surface area contributed by atoms with Gasteiger partial charge in [0.2, 0.25) is 11.8 Å². The first-order valence-corrected chi connectivity index (χ1v) is 11.4. The van der Waals surface area contributed by atoms with Crippen LogP contribution < -0.4 is 10.6 Å². The summed E-state index contributed by atoms with van der Waals surface area (Å²) in [7, 11) is 0. The maximum atomic E-state index is 12.1. The van der Waals surface area contributed by atoms with E-state index in [1.54, 1.807) is 0 Å². The first kappa shape index (κ1) is 23.0. The second-order valence-electron chi connectivity index (χ2n) is 8.67. The number of carbonyl (C=O) groups is 2. The van der Waals surface area contributed by atoms with Gasteiger partial charge in [-0.05, 0) is 56.3 Å². The van der Waals surface area contributed by atoms with Crippen LogP contribution in [0.25, 0.3) is 0 Å². The van der Waals surface area contributed by atoms with E-state index < -0.39 is 0 Å². The van der Waals surface area contributed by atoms with E-state index in [2.05, 4.69) is 46.7 Å². The molecule has 5 heteroatoms. The minimum absolute atomic E-state index is 0.0116. The van der Waals surface area contributed by atoms with Crippen molar-refractivity contribution in [2.45, 2.75) is 65.1 Å². The third-order valence-corrected chi connectivity index (χ3v) is 6.05. The smallest absolute Gasteiger partial charge is 0.239 e. The number of benzene rings is 2. The molecular formula is C26H35N3O2. The summed E-state index contributed by atoms with van der Waals surface area (Å²) in [6, 6.07) is 17.3. The molecule has 2 aromatic carbocycles. The molecule has 31 heavy (non-hydrogen) atoms. The van der Waals surface area contributed by atoms with Crippen LogP contribution in [0.5, 0.6) is 0 Å². The monoisotopic (exact) mass is 421 g/mol. The van der Waals surface area contributed by atoms with Crippen molar-refractivity contribution < 1.29 is 9.59 Å². The summed E-state index contributed by atoms with van der Waals surface area (Å²) in [5.41, 5.74) is 4.71. The van der Waals surface area contributed by atoms with Crippen molar-refractivity contribution in [2.75, 3.05) is 13.1 Å².